The zero-order valence-corrected chi connectivity index (χ0v) is 4.77. The van der Waals surface area contributed by atoms with Crippen LogP contribution < -0.4 is 0 Å². The number of ether oxygens (including phenoxy) is 2. The lowest BCUT2D eigenvalue weighted by atomic mass is 10.9. The van der Waals surface area contributed by atoms with Crippen LogP contribution in [0.2, 0.25) is 0 Å². The van der Waals surface area contributed by atoms with Gasteiger partial charge in [0.25, 0.3) is 0 Å². The molecule has 0 aromatic carbocycles. The van der Waals surface area contributed by atoms with Crippen LogP contribution in [0.4, 0.5) is 18.0 Å². The molecule has 0 heterocycles. The van der Waals surface area contributed by atoms with Crippen LogP contribution in [0.25, 0.3) is 0 Å². The third-order valence-corrected chi connectivity index (χ3v) is 0.419. The van der Waals surface area contributed by atoms with E-state index in [9.17, 15) is 18.0 Å². The number of hydrogen-bond acceptors (Lipinski definition) is 3. The predicted molar refractivity (Wildman–Crippen MR) is 23.8 cm³/mol. The van der Waals surface area contributed by atoms with Gasteiger partial charge >= 0.3 is 12.5 Å². The fourth-order valence-electron chi connectivity index (χ4n) is 0.207. The van der Waals surface area contributed by atoms with E-state index in [1.54, 1.807) is 0 Å². The number of carbonyl (C=O) groups excluding carboxylic acids is 1. The van der Waals surface area contributed by atoms with Crippen LogP contribution in [0.3, 0.4) is 0 Å². The Morgan fingerprint density at radius 2 is 2.00 bits per heavy atom. The molecule has 0 aliphatic heterocycles. The van der Waals surface area contributed by atoms with Gasteiger partial charge in [0, 0.05) is 0 Å². The molecular weight excluding hydrogens is 153 g/mol. The van der Waals surface area contributed by atoms with Crippen LogP contribution in [0.5, 0.6) is 0 Å². The topological polar surface area (TPSA) is 35.5 Å². The van der Waals surface area contributed by atoms with E-state index in [2.05, 4.69) is 16.4 Å². The maximum Gasteiger partial charge on any atom is 0.577 e. The number of halogens is 3. The minimum absolute atomic E-state index is 0.394. The van der Waals surface area contributed by atoms with Crippen molar-refractivity contribution in [1.82, 2.24) is 0 Å². The maximum atomic E-state index is 11.1. The van der Waals surface area contributed by atoms with E-state index in [0.29, 0.717) is 0 Å². The van der Waals surface area contributed by atoms with Crippen molar-refractivity contribution in [2.24, 2.45) is 0 Å². The Morgan fingerprint density at radius 1 is 1.50 bits per heavy atom. The third kappa shape index (κ3) is 5.20. The van der Waals surface area contributed by atoms with E-state index >= 15 is 0 Å². The zero-order valence-electron chi connectivity index (χ0n) is 4.77. The fourth-order valence-corrected chi connectivity index (χ4v) is 0.207. The first-order valence-electron chi connectivity index (χ1n) is 2.17. The summed E-state index contributed by atoms with van der Waals surface area (Å²) >= 11 is 0. The molecule has 0 amide bonds. The standard InChI is InChI=1S/C4H4F3O3/c1-2-9-3(8)10-4(5,6)7/h1-2H2. The molecule has 0 saturated heterocycles. The van der Waals surface area contributed by atoms with Gasteiger partial charge in [-0.3, -0.25) is 0 Å². The van der Waals surface area contributed by atoms with Gasteiger partial charge in [-0.2, -0.15) is 0 Å². The lowest BCUT2D eigenvalue weighted by molar-refractivity contribution is -0.298. The van der Waals surface area contributed by atoms with Gasteiger partial charge in [0.2, 0.25) is 0 Å². The van der Waals surface area contributed by atoms with Crippen LogP contribution in [-0.2, 0) is 9.47 Å². The molecule has 0 atom stereocenters. The molecular formula is C4H4F3O3. The fraction of sp³-hybridized carbons (Fsp3) is 0.500. The van der Waals surface area contributed by atoms with Crippen molar-refractivity contribution in [1.29, 1.82) is 0 Å². The van der Waals surface area contributed by atoms with Gasteiger partial charge in [-0.25, -0.2) is 4.79 Å². The second kappa shape index (κ2) is 3.28. The molecule has 0 fully saturated rings. The monoisotopic (exact) mass is 157 g/mol. The summed E-state index contributed by atoms with van der Waals surface area (Å²) in [5, 5.41) is 0. The SMILES string of the molecule is [CH2]COC(=O)OC(F)(F)F. The van der Waals surface area contributed by atoms with E-state index in [-0.39, 0.29) is 0 Å². The van der Waals surface area contributed by atoms with Crippen molar-refractivity contribution in [2.75, 3.05) is 6.61 Å². The summed E-state index contributed by atoms with van der Waals surface area (Å²) in [4.78, 5) is 9.85. The first kappa shape index (κ1) is 9.06. The molecule has 0 spiro atoms. The second-order valence-electron chi connectivity index (χ2n) is 1.15. The lowest BCUT2D eigenvalue weighted by Crippen LogP contribution is -2.20. The quantitative estimate of drug-likeness (QED) is 0.541. The molecule has 10 heavy (non-hydrogen) atoms. The zero-order chi connectivity index (χ0) is 8.20. The van der Waals surface area contributed by atoms with Crippen LogP contribution in [0, 0.1) is 6.92 Å². The molecule has 0 aliphatic rings. The maximum absolute atomic E-state index is 11.1. The van der Waals surface area contributed by atoms with Crippen molar-refractivity contribution in [3.63, 3.8) is 0 Å². The minimum atomic E-state index is -4.98. The van der Waals surface area contributed by atoms with E-state index in [1.165, 1.54) is 0 Å². The van der Waals surface area contributed by atoms with Crippen molar-refractivity contribution in [2.45, 2.75) is 6.36 Å². The van der Waals surface area contributed by atoms with Gasteiger partial charge in [0.05, 0.1) is 6.61 Å². The third-order valence-electron chi connectivity index (χ3n) is 0.419. The largest absolute Gasteiger partial charge is 0.577 e. The van der Waals surface area contributed by atoms with Crippen molar-refractivity contribution in [3.05, 3.63) is 6.92 Å². The number of carbonyl (C=O) groups is 1. The van der Waals surface area contributed by atoms with E-state index in [4.69, 9.17) is 0 Å². The van der Waals surface area contributed by atoms with Gasteiger partial charge in [-0.05, 0) is 6.92 Å². The molecule has 0 unspecified atom stereocenters. The Morgan fingerprint density at radius 3 is 2.30 bits per heavy atom. The smallest absolute Gasteiger partial charge is 0.434 e. The average molecular weight is 157 g/mol. The van der Waals surface area contributed by atoms with Crippen molar-refractivity contribution < 1.29 is 27.4 Å². The molecule has 3 nitrogen and oxygen atoms in total. The Kier molecular flexibility index (Phi) is 2.98. The summed E-state index contributed by atoms with van der Waals surface area (Å²) in [6.07, 6.45) is -6.77. The highest BCUT2D eigenvalue weighted by atomic mass is 19.4. The Labute approximate surface area is 54.7 Å². The highest BCUT2D eigenvalue weighted by Crippen LogP contribution is 2.16. The molecule has 59 valence electrons. The summed E-state index contributed by atoms with van der Waals surface area (Å²) < 4.78 is 39.8. The molecule has 0 saturated carbocycles. The highest BCUT2D eigenvalue weighted by Gasteiger charge is 2.34. The molecule has 0 aromatic heterocycles. The number of rotatable bonds is 1. The van der Waals surface area contributed by atoms with Gasteiger partial charge in [0.1, 0.15) is 0 Å². The molecule has 0 aromatic rings. The van der Waals surface area contributed by atoms with Gasteiger partial charge in [0.15, 0.2) is 0 Å². The molecule has 0 bridgehead atoms. The van der Waals surface area contributed by atoms with Crippen LogP contribution in [0.1, 0.15) is 0 Å². The molecule has 6 heteroatoms. The van der Waals surface area contributed by atoms with Crippen molar-refractivity contribution in [3.8, 4) is 0 Å². The summed E-state index contributed by atoms with van der Waals surface area (Å²) in [7, 11) is 0. The first-order valence-corrected chi connectivity index (χ1v) is 2.17. The molecule has 0 aliphatic carbocycles. The number of hydrogen-bond donors (Lipinski definition) is 0. The minimum Gasteiger partial charge on any atom is -0.434 e. The Bertz CT molecular complexity index is 119. The van der Waals surface area contributed by atoms with Crippen LogP contribution >= 0.6 is 0 Å². The van der Waals surface area contributed by atoms with Gasteiger partial charge < -0.3 is 9.47 Å². The summed E-state index contributed by atoms with van der Waals surface area (Å²) in [5.74, 6) is 0. The van der Waals surface area contributed by atoms with Crippen molar-refractivity contribution >= 4 is 6.16 Å². The Hall–Kier alpha value is -0.940. The number of alkyl halides is 3. The highest BCUT2D eigenvalue weighted by molar-refractivity contribution is 5.60. The van der Waals surface area contributed by atoms with E-state index < -0.39 is 19.1 Å². The van der Waals surface area contributed by atoms with Crippen LogP contribution in [-0.4, -0.2) is 19.1 Å². The molecule has 0 N–H and O–H groups in total. The molecule has 0 rings (SSSR count). The summed E-state index contributed by atoms with van der Waals surface area (Å²) in [6.45, 7) is 2.57. The predicted octanol–water partition coefficient (Wildman–Crippen LogP) is 1.49. The van der Waals surface area contributed by atoms with E-state index in [1.807, 2.05) is 0 Å². The lowest BCUT2D eigenvalue weighted by Gasteiger charge is -2.05. The average Bonchev–Trinajstić information content (AvgIpc) is 1.59. The molecule has 1 radical (unpaired) electrons. The second-order valence-corrected chi connectivity index (χ2v) is 1.15. The van der Waals surface area contributed by atoms with Gasteiger partial charge in [-0.15, -0.1) is 13.2 Å². The first-order chi connectivity index (χ1) is 4.45. The Balaban J connectivity index is 3.58. The van der Waals surface area contributed by atoms with E-state index in [0.717, 1.165) is 0 Å². The summed E-state index contributed by atoms with van der Waals surface area (Å²) in [5.41, 5.74) is 0. The normalized spacial score (nSPS) is 10.8. The van der Waals surface area contributed by atoms with Gasteiger partial charge in [-0.1, -0.05) is 0 Å². The summed E-state index contributed by atoms with van der Waals surface area (Å²) in [6, 6.07) is 0. The van der Waals surface area contributed by atoms with Crippen LogP contribution in [0.15, 0.2) is 0 Å².